The molecule has 0 spiro atoms. The Morgan fingerprint density at radius 2 is 1.67 bits per heavy atom. The molecule has 2 aromatic rings. The fourth-order valence-corrected chi connectivity index (χ4v) is 4.16. The van der Waals surface area contributed by atoms with Crippen LogP contribution in [0.25, 0.3) is 6.08 Å². The summed E-state index contributed by atoms with van der Waals surface area (Å²) in [5.41, 5.74) is 2.82. The van der Waals surface area contributed by atoms with E-state index in [-0.39, 0.29) is 11.7 Å². The number of hydrogen-bond donors (Lipinski definition) is 0. The number of benzene rings is 2. The van der Waals surface area contributed by atoms with E-state index in [1.165, 1.54) is 23.4 Å². The maximum absolute atomic E-state index is 14.0. The highest BCUT2D eigenvalue weighted by Gasteiger charge is 2.28. The van der Waals surface area contributed by atoms with Crippen LogP contribution in [0.4, 0.5) is 10.1 Å². The number of hydrogen-bond acceptors (Lipinski definition) is 4. The molecule has 0 bridgehead atoms. The highest BCUT2D eigenvalue weighted by molar-refractivity contribution is 8.18. The molecule has 4 nitrogen and oxygen atoms in total. The van der Waals surface area contributed by atoms with Gasteiger partial charge < -0.3 is 9.80 Å². The van der Waals surface area contributed by atoms with Crippen LogP contribution >= 0.6 is 11.8 Å². The minimum atomic E-state index is -0.197. The second kappa shape index (κ2) is 7.56. The van der Waals surface area contributed by atoms with Crippen LogP contribution in [0.3, 0.4) is 0 Å². The Kier molecular flexibility index (Phi) is 4.99. The maximum atomic E-state index is 14.0. The topological polar surface area (TPSA) is 35.9 Å². The molecule has 1 saturated heterocycles. The molecule has 1 fully saturated rings. The molecule has 2 aromatic carbocycles. The lowest BCUT2D eigenvalue weighted by molar-refractivity contribution is -0.113. The van der Waals surface area contributed by atoms with Gasteiger partial charge in [0.25, 0.3) is 5.91 Å². The molecule has 27 heavy (non-hydrogen) atoms. The minimum Gasteiger partial charge on any atom is -0.366 e. The third-order valence-electron chi connectivity index (χ3n) is 4.73. The van der Waals surface area contributed by atoms with Crippen molar-refractivity contribution in [3.05, 3.63) is 70.4 Å². The maximum Gasteiger partial charge on any atom is 0.286 e. The number of amides is 1. The first kappa shape index (κ1) is 17.8. The first-order chi connectivity index (χ1) is 13.1. The van der Waals surface area contributed by atoms with Gasteiger partial charge in [0.05, 0.1) is 10.6 Å². The molecule has 0 saturated carbocycles. The first-order valence-electron chi connectivity index (χ1n) is 8.94. The number of carbonyl (C=O) groups excluding carboxylic acids is 1. The van der Waals surface area contributed by atoms with Crippen LogP contribution in [0.1, 0.15) is 11.1 Å². The van der Waals surface area contributed by atoms with Crippen molar-refractivity contribution in [3.8, 4) is 0 Å². The van der Waals surface area contributed by atoms with Crippen molar-refractivity contribution in [2.75, 3.05) is 31.1 Å². The number of aryl methyl sites for hydroxylation is 1. The predicted molar refractivity (Wildman–Crippen MR) is 109 cm³/mol. The summed E-state index contributed by atoms with van der Waals surface area (Å²) < 4.78 is 14.0. The Morgan fingerprint density at radius 1 is 1.00 bits per heavy atom. The summed E-state index contributed by atoms with van der Waals surface area (Å²) in [5.74, 6) is -0.385. The van der Waals surface area contributed by atoms with Gasteiger partial charge in [-0.3, -0.25) is 4.79 Å². The standard InChI is InChI=1S/C21H20FN3OS/c1-15-6-8-16(9-7-15)14-19-20(26)23-21(27-19)25-12-10-24(11-13-25)18-5-3-2-4-17(18)22/h2-9,14H,10-13H2,1H3. The van der Waals surface area contributed by atoms with Gasteiger partial charge in [0.15, 0.2) is 5.17 Å². The molecule has 0 radical (unpaired) electrons. The van der Waals surface area contributed by atoms with Gasteiger partial charge in [-0.2, -0.15) is 4.99 Å². The van der Waals surface area contributed by atoms with Crippen molar-refractivity contribution in [3.63, 3.8) is 0 Å². The van der Waals surface area contributed by atoms with E-state index in [1.54, 1.807) is 12.1 Å². The van der Waals surface area contributed by atoms with Crippen molar-refractivity contribution < 1.29 is 9.18 Å². The molecule has 2 heterocycles. The number of para-hydroxylation sites is 1. The van der Waals surface area contributed by atoms with E-state index in [0.29, 0.717) is 36.8 Å². The number of aliphatic imine (C=N–C) groups is 1. The zero-order valence-corrected chi connectivity index (χ0v) is 15.9. The predicted octanol–water partition coefficient (Wildman–Crippen LogP) is 3.93. The Bertz CT molecular complexity index is 915. The van der Waals surface area contributed by atoms with Crippen LogP contribution in [-0.4, -0.2) is 42.2 Å². The number of rotatable bonds is 2. The van der Waals surface area contributed by atoms with Gasteiger partial charge in [0.1, 0.15) is 5.82 Å². The fraction of sp³-hybridized carbons (Fsp3) is 0.238. The third-order valence-corrected chi connectivity index (χ3v) is 5.77. The summed E-state index contributed by atoms with van der Waals surface area (Å²) in [4.78, 5) is 21.3. The number of amidine groups is 1. The second-order valence-corrected chi connectivity index (χ2v) is 7.66. The van der Waals surface area contributed by atoms with Gasteiger partial charge in [-0.15, -0.1) is 0 Å². The molecule has 1 amide bonds. The van der Waals surface area contributed by atoms with E-state index in [0.717, 1.165) is 10.7 Å². The smallest absolute Gasteiger partial charge is 0.286 e. The largest absolute Gasteiger partial charge is 0.366 e. The summed E-state index contributed by atoms with van der Waals surface area (Å²) in [7, 11) is 0. The zero-order valence-electron chi connectivity index (χ0n) is 15.1. The highest BCUT2D eigenvalue weighted by atomic mass is 32.2. The summed E-state index contributed by atoms with van der Waals surface area (Å²) in [6.45, 7) is 4.86. The Hall–Kier alpha value is -2.60. The molecule has 2 aliphatic heterocycles. The van der Waals surface area contributed by atoms with Crippen LogP contribution in [0.5, 0.6) is 0 Å². The number of piperazine rings is 1. The van der Waals surface area contributed by atoms with Gasteiger partial charge in [-0.05, 0) is 42.5 Å². The Labute approximate surface area is 162 Å². The SMILES string of the molecule is Cc1ccc(C=C2SC(N3CCN(c4ccccc4F)CC3)=NC2=O)cc1. The molecule has 0 N–H and O–H groups in total. The molecule has 4 rings (SSSR count). The number of anilines is 1. The summed E-state index contributed by atoms with van der Waals surface area (Å²) in [6, 6.07) is 14.9. The Balaban J connectivity index is 1.41. The molecular weight excluding hydrogens is 361 g/mol. The lowest BCUT2D eigenvalue weighted by Gasteiger charge is -2.36. The summed E-state index contributed by atoms with van der Waals surface area (Å²) >= 11 is 1.42. The van der Waals surface area contributed by atoms with Crippen LogP contribution in [0.15, 0.2) is 58.4 Å². The molecule has 6 heteroatoms. The van der Waals surface area contributed by atoms with Crippen molar-refractivity contribution in [2.45, 2.75) is 6.92 Å². The van der Waals surface area contributed by atoms with Crippen molar-refractivity contribution >= 4 is 34.6 Å². The normalized spacial score (nSPS) is 19.0. The lowest BCUT2D eigenvalue weighted by Crippen LogP contribution is -2.48. The number of thioether (sulfide) groups is 1. The zero-order chi connectivity index (χ0) is 18.8. The second-order valence-electron chi connectivity index (χ2n) is 6.65. The fourth-order valence-electron chi connectivity index (χ4n) is 3.19. The van der Waals surface area contributed by atoms with Gasteiger partial charge in [-0.25, -0.2) is 4.39 Å². The third kappa shape index (κ3) is 3.90. The van der Waals surface area contributed by atoms with E-state index in [2.05, 4.69) is 9.89 Å². The molecule has 0 aromatic heterocycles. The molecule has 0 aliphatic carbocycles. The number of carbonyl (C=O) groups is 1. The average molecular weight is 381 g/mol. The van der Waals surface area contributed by atoms with Crippen LogP contribution in [-0.2, 0) is 4.79 Å². The lowest BCUT2D eigenvalue weighted by atomic mass is 10.1. The van der Waals surface area contributed by atoms with Crippen molar-refractivity contribution in [1.82, 2.24) is 4.90 Å². The van der Waals surface area contributed by atoms with E-state index in [9.17, 15) is 9.18 Å². The minimum absolute atomic E-state index is 0.188. The van der Waals surface area contributed by atoms with Gasteiger partial charge in [-0.1, -0.05) is 42.0 Å². The summed E-state index contributed by atoms with van der Waals surface area (Å²) in [5, 5.41) is 0.742. The molecular formula is C21H20FN3OS. The first-order valence-corrected chi connectivity index (χ1v) is 9.75. The molecule has 0 unspecified atom stereocenters. The van der Waals surface area contributed by atoms with Gasteiger partial charge in [0, 0.05) is 26.2 Å². The van der Waals surface area contributed by atoms with Crippen molar-refractivity contribution in [2.24, 2.45) is 4.99 Å². The molecule has 2 aliphatic rings. The van der Waals surface area contributed by atoms with Gasteiger partial charge >= 0.3 is 0 Å². The Morgan fingerprint density at radius 3 is 2.37 bits per heavy atom. The van der Waals surface area contributed by atoms with E-state index in [4.69, 9.17) is 0 Å². The van der Waals surface area contributed by atoms with Crippen LogP contribution < -0.4 is 4.90 Å². The number of nitrogens with zero attached hydrogens (tertiary/aromatic N) is 3. The highest BCUT2D eigenvalue weighted by Crippen LogP contribution is 2.31. The van der Waals surface area contributed by atoms with E-state index >= 15 is 0 Å². The monoisotopic (exact) mass is 381 g/mol. The number of halogens is 1. The summed E-state index contributed by atoms with van der Waals surface area (Å²) in [6.07, 6.45) is 1.89. The van der Waals surface area contributed by atoms with Crippen LogP contribution in [0.2, 0.25) is 0 Å². The average Bonchev–Trinajstić information content (AvgIpc) is 3.05. The van der Waals surface area contributed by atoms with E-state index in [1.807, 2.05) is 48.2 Å². The van der Waals surface area contributed by atoms with Crippen LogP contribution in [0, 0.1) is 12.7 Å². The van der Waals surface area contributed by atoms with Crippen molar-refractivity contribution in [1.29, 1.82) is 0 Å². The van der Waals surface area contributed by atoms with E-state index < -0.39 is 0 Å². The quantitative estimate of drug-likeness (QED) is 0.739. The molecule has 138 valence electrons. The van der Waals surface area contributed by atoms with Gasteiger partial charge in [0.2, 0.25) is 0 Å². The molecule has 0 atom stereocenters.